The summed E-state index contributed by atoms with van der Waals surface area (Å²) < 4.78 is 48.4. The maximum Gasteiger partial charge on any atom is 0.252 e. The van der Waals surface area contributed by atoms with Crippen molar-refractivity contribution in [2.75, 3.05) is 6.79 Å². The molecule has 4 N–H and O–H groups in total. The molecular formula is C31H30N2O8S2. The summed E-state index contributed by atoms with van der Waals surface area (Å²) in [5.74, 6) is -0.703. The summed E-state index contributed by atoms with van der Waals surface area (Å²) in [6, 6.07) is 26.5. The van der Waals surface area contributed by atoms with E-state index in [0.29, 0.717) is 9.79 Å². The monoisotopic (exact) mass is 622 g/mol. The number of ether oxygens (including phenoxy) is 4. The second kappa shape index (κ2) is 14.5. The van der Waals surface area contributed by atoms with Gasteiger partial charge in [-0.15, -0.1) is 0 Å². The Hall–Kier alpha value is -4.68. The molecule has 4 atom stereocenters. The molecule has 0 spiro atoms. The van der Waals surface area contributed by atoms with E-state index in [9.17, 15) is 18.0 Å². The van der Waals surface area contributed by atoms with E-state index in [-0.39, 0.29) is 40.9 Å². The van der Waals surface area contributed by atoms with E-state index in [1.54, 1.807) is 74.5 Å². The molecule has 0 heterocycles. The zero-order chi connectivity index (χ0) is 30.9. The van der Waals surface area contributed by atoms with Gasteiger partial charge >= 0.3 is 0 Å². The van der Waals surface area contributed by atoms with E-state index in [4.69, 9.17) is 30.4 Å². The average molecular weight is 623 g/mol. The van der Waals surface area contributed by atoms with Crippen molar-refractivity contribution in [2.24, 2.45) is 11.5 Å². The Morgan fingerprint density at radius 3 is 1.35 bits per heavy atom. The van der Waals surface area contributed by atoms with Crippen molar-refractivity contribution >= 4 is 33.4 Å². The highest BCUT2D eigenvalue weighted by molar-refractivity contribution is 7.85. The van der Waals surface area contributed by atoms with Crippen LogP contribution in [0.1, 0.15) is 34.6 Å². The van der Waals surface area contributed by atoms with Crippen molar-refractivity contribution in [2.45, 2.75) is 34.5 Å². The van der Waals surface area contributed by atoms with Crippen LogP contribution in [-0.4, -0.2) is 37.9 Å². The van der Waals surface area contributed by atoms with E-state index in [2.05, 4.69) is 0 Å². The average Bonchev–Trinajstić information content (AvgIpc) is 3.02. The first-order chi connectivity index (χ1) is 20.6. The molecule has 224 valence electrons. The van der Waals surface area contributed by atoms with Crippen LogP contribution in [-0.2, 0) is 21.6 Å². The van der Waals surface area contributed by atoms with E-state index in [0.717, 1.165) is 0 Å². The molecule has 43 heavy (non-hydrogen) atoms. The predicted molar refractivity (Wildman–Crippen MR) is 162 cm³/mol. The third-order valence-corrected chi connectivity index (χ3v) is 8.90. The number of benzene rings is 4. The van der Waals surface area contributed by atoms with Crippen LogP contribution < -0.4 is 30.4 Å². The second-order valence-corrected chi connectivity index (χ2v) is 12.5. The van der Waals surface area contributed by atoms with Crippen molar-refractivity contribution in [1.82, 2.24) is 0 Å². The van der Waals surface area contributed by atoms with Gasteiger partial charge in [-0.25, -0.2) is 0 Å². The van der Waals surface area contributed by atoms with Crippen LogP contribution >= 0.6 is 0 Å². The van der Waals surface area contributed by atoms with E-state index in [1.165, 1.54) is 24.3 Å². The van der Waals surface area contributed by atoms with Gasteiger partial charge in [0.15, 0.2) is 10.9 Å². The minimum absolute atomic E-state index is 0.0361. The number of carbonyl (C=O) groups excluding carboxylic acids is 2. The van der Waals surface area contributed by atoms with Crippen molar-refractivity contribution in [3.63, 3.8) is 0 Å². The van der Waals surface area contributed by atoms with Crippen molar-refractivity contribution in [3.8, 4) is 23.0 Å². The normalized spacial score (nSPS) is 13.6. The molecule has 0 aliphatic rings. The minimum atomic E-state index is -1.49. The van der Waals surface area contributed by atoms with Gasteiger partial charge in [-0.2, -0.15) is 0 Å². The first-order valence-corrected chi connectivity index (χ1v) is 15.4. The summed E-state index contributed by atoms with van der Waals surface area (Å²) in [7, 11) is -2.97. The van der Waals surface area contributed by atoms with Crippen molar-refractivity contribution in [1.29, 1.82) is 0 Å². The summed E-state index contributed by atoms with van der Waals surface area (Å²) in [6.07, 6.45) is 0. The molecule has 0 aromatic heterocycles. The lowest BCUT2D eigenvalue weighted by atomic mass is 10.2. The topological polar surface area (TPSA) is 157 Å². The second-order valence-electron chi connectivity index (χ2n) is 9.04. The smallest absolute Gasteiger partial charge is 0.252 e. The lowest BCUT2D eigenvalue weighted by molar-refractivity contribution is 0.0987. The van der Waals surface area contributed by atoms with Gasteiger partial charge in [-0.05, 0) is 74.5 Å². The maximum atomic E-state index is 12.8. The van der Waals surface area contributed by atoms with Crippen LogP contribution in [0.25, 0.3) is 0 Å². The predicted octanol–water partition coefficient (Wildman–Crippen LogP) is 4.36. The number of primary amides is 2. The number of carbonyl (C=O) groups is 2. The number of nitrogens with two attached hydrogens (primary N) is 2. The van der Waals surface area contributed by atoms with Crippen molar-refractivity contribution < 1.29 is 37.0 Å². The van der Waals surface area contributed by atoms with E-state index in [1.807, 2.05) is 12.1 Å². The Morgan fingerprint density at radius 1 is 0.628 bits per heavy atom. The third-order valence-electron chi connectivity index (χ3n) is 6.02. The van der Waals surface area contributed by atoms with Crippen LogP contribution in [0.15, 0.2) is 107 Å². The molecule has 10 nitrogen and oxygen atoms in total. The van der Waals surface area contributed by atoms with Crippen LogP contribution in [0.3, 0.4) is 0 Å². The van der Waals surface area contributed by atoms with Gasteiger partial charge < -0.3 is 30.4 Å². The van der Waals surface area contributed by atoms with Gasteiger partial charge in [-0.1, -0.05) is 36.4 Å². The summed E-state index contributed by atoms with van der Waals surface area (Å²) >= 11 is 0. The molecule has 2 amide bonds. The lowest BCUT2D eigenvalue weighted by Crippen LogP contribution is -2.21. The van der Waals surface area contributed by atoms with E-state index < -0.39 is 44.3 Å². The van der Waals surface area contributed by atoms with Crippen molar-refractivity contribution in [3.05, 3.63) is 108 Å². The number of hydrogen-bond donors (Lipinski definition) is 2. The van der Waals surface area contributed by atoms with Crippen LogP contribution in [0, 0.1) is 0 Å². The molecule has 4 aromatic carbocycles. The SMILES string of the molecule is CC(Oc1ccc(OCOc2ccc(OC(C)S(=O)c3ccccc3)c(C(N)=O)c2)cc1C(N)=O)S(=O)c1ccccc1. The molecule has 0 aliphatic carbocycles. The zero-order valence-corrected chi connectivity index (χ0v) is 25.0. The molecule has 4 aromatic rings. The number of amides is 2. The summed E-state index contributed by atoms with van der Waals surface area (Å²) in [6.45, 7) is 2.97. The fourth-order valence-corrected chi connectivity index (χ4v) is 5.89. The zero-order valence-electron chi connectivity index (χ0n) is 23.3. The largest absolute Gasteiger partial charge is 0.476 e. The summed E-state index contributed by atoms with van der Waals surface area (Å²) in [4.78, 5) is 25.4. The highest BCUT2D eigenvalue weighted by atomic mass is 32.2. The highest BCUT2D eigenvalue weighted by Crippen LogP contribution is 2.28. The summed E-state index contributed by atoms with van der Waals surface area (Å²) in [5, 5.41) is 0. The fraction of sp³-hybridized carbons (Fsp3) is 0.161. The standard InChI is InChI=1S/C31H30N2O8S2/c1-20(42(36)24-9-5-3-6-10-24)40-28-15-13-22(17-26(28)30(32)34)38-19-39-23-14-16-29(27(18-23)31(33)35)41-21(2)43(37)25-11-7-4-8-12-25/h3-18,20-21H,19H2,1-2H3,(H2,32,34)(H2,33,35). The van der Waals surface area contributed by atoms with Gasteiger partial charge in [0.2, 0.25) is 6.79 Å². The Morgan fingerprint density at radius 2 is 1.00 bits per heavy atom. The Balaban J connectivity index is 1.39. The molecule has 0 fully saturated rings. The maximum absolute atomic E-state index is 12.8. The van der Waals surface area contributed by atoms with Gasteiger partial charge in [-0.3, -0.25) is 18.0 Å². The third kappa shape index (κ3) is 8.21. The Kier molecular flexibility index (Phi) is 10.5. The van der Waals surface area contributed by atoms with Gasteiger partial charge in [0.05, 0.1) is 32.7 Å². The molecular weight excluding hydrogens is 592 g/mol. The molecule has 4 unspecified atom stereocenters. The van der Waals surface area contributed by atoms with Crippen LogP contribution in [0.5, 0.6) is 23.0 Å². The van der Waals surface area contributed by atoms with Gasteiger partial charge in [0.1, 0.15) is 23.0 Å². The lowest BCUT2D eigenvalue weighted by Gasteiger charge is -2.18. The first kappa shape index (κ1) is 31.3. The molecule has 0 radical (unpaired) electrons. The number of rotatable bonds is 14. The first-order valence-electron chi connectivity index (χ1n) is 13.0. The minimum Gasteiger partial charge on any atom is -0.476 e. The molecule has 0 bridgehead atoms. The molecule has 4 rings (SSSR count). The van der Waals surface area contributed by atoms with Gasteiger partial charge in [0.25, 0.3) is 11.8 Å². The molecule has 0 saturated heterocycles. The quantitative estimate of drug-likeness (QED) is 0.196. The Bertz CT molecular complexity index is 1510. The van der Waals surface area contributed by atoms with Crippen LogP contribution in [0.4, 0.5) is 0 Å². The summed E-state index contributed by atoms with van der Waals surface area (Å²) in [5.41, 5.74) is 9.66. The van der Waals surface area contributed by atoms with Gasteiger partial charge in [0, 0.05) is 9.79 Å². The Labute approximate surface area is 253 Å². The van der Waals surface area contributed by atoms with Crippen LogP contribution in [0.2, 0.25) is 0 Å². The molecule has 0 saturated carbocycles. The highest BCUT2D eigenvalue weighted by Gasteiger charge is 2.21. The molecule has 12 heteroatoms. The van der Waals surface area contributed by atoms with E-state index >= 15 is 0 Å². The molecule has 0 aliphatic heterocycles. The fourth-order valence-electron chi connectivity index (χ4n) is 3.89. The number of hydrogen-bond acceptors (Lipinski definition) is 8.